The Morgan fingerprint density at radius 2 is 1.82 bits per heavy atom. The molecule has 28 heavy (non-hydrogen) atoms. The Morgan fingerprint density at radius 1 is 1.11 bits per heavy atom. The summed E-state index contributed by atoms with van der Waals surface area (Å²) >= 11 is 0. The molecule has 1 aromatic heterocycles. The van der Waals surface area contributed by atoms with Crippen LogP contribution in [0.3, 0.4) is 0 Å². The minimum absolute atomic E-state index is 0.103. The summed E-state index contributed by atoms with van der Waals surface area (Å²) in [6.07, 6.45) is 5.68. The van der Waals surface area contributed by atoms with Crippen molar-refractivity contribution in [2.24, 2.45) is 0 Å². The zero-order valence-electron chi connectivity index (χ0n) is 16.6. The molecule has 2 aromatic carbocycles. The zero-order valence-corrected chi connectivity index (χ0v) is 16.6. The third kappa shape index (κ3) is 3.47. The molecule has 0 bridgehead atoms. The van der Waals surface area contributed by atoms with Crippen LogP contribution in [0.1, 0.15) is 46.9 Å². The molecule has 4 heteroatoms. The molecule has 0 N–H and O–H groups in total. The lowest BCUT2D eigenvalue weighted by atomic mass is 9.87. The van der Waals surface area contributed by atoms with Gasteiger partial charge in [0.2, 0.25) is 0 Å². The minimum Gasteiger partial charge on any atom is -0.335 e. The van der Waals surface area contributed by atoms with E-state index in [2.05, 4.69) is 41.2 Å². The van der Waals surface area contributed by atoms with Gasteiger partial charge in [-0.25, -0.2) is 4.68 Å². The van der Waals surface area contributed by atoms with Crippen molar-refractivity contribution in [3.8, 4) is 5.69 Å². The number of rotatable bonds is 5. The number of benzene rings is 2. The number of carbonyl (C=O) groups excluding carboxylic acids is 1. The molecule has 1 aliphatic rings. The molecular formula is C24H27N3O. The van der Waals surface area contributed by atoms with Crippen LogP contribution in [0.15, 0.2) is 60.8 Å². The molecular weight excluding hydrogens is 346 g/mol. The fraction of sp³-hybridized carbons (Fsp3) is 0.333. The molecule has 0 saturated carbocycles. The standard InChI is InChI=1S/C24H27N3O/c1-3-15-26(22-14-13-19-9-7-8-10-20(19)16-22)24(28)23-17-25-27(18(23)2)21-11-5-4-6-12-21/h4-12,17,22H,3,13-16H2,1-2H3. The molecule has 0 saturated heterocycles. The van der Waals surface area contributed by atoms with Crippen LogP contribution in [0.25, 0.3) is 5.69 Å². The summed E-state index contributed by atoms with van der Waals surface area (Å²) in [6, 6.07) is 18.9. The van der Waals surface area contributed by atoms with Crippen molar-refractivity contribution in [2.75, 3.05) is 6.54 Å². The zero-order chi connectivity index (χ0) is 19.5. The second-order valence-corrected chi connectivity index (χ2v) is 7.55. The topological polar surface area (TPSA) is 38.1 Å². The van der Waals surface area contributed by atoms with Gasteiger partial charge in [-0.1, -0.05) is 49.4 Å². The SMILES string of the molecule is CCCN(C(=O)c1cnn(-c2ccccc2)c1C)C1CCc2ccccc2C1. The largest absolute Gasteiger partial charge is 0.335 e. The van der Waals surface area contributed by atoms with Crippen molar-refractivity contribution in [3.05, 3.63) is 83.2 Å². The fourth-order valence-electron chi connectivity index (χ4n) is 4.24. The van der Waals surface area contributed by atoms with Gasteiger partial charge in [-0.05, 0) is 55.9 Å². The quantitative estimate of drug-likeness (QED) is 0.656. The summed E-state index contributed by atoms with van der Waals surface area (Å²) in [5.74, 6) is 0.103. The Hall–Kier alpha value is -2.88. The van der Waals surface area contributed by atoms with E-state index in [0.29, 0.717) is 5.56 Å². The molecule has 4 nitrogen and oxygen atoms in total. The molecule has 3 aromatic rings. The van der Waals surface area contributed by atoms with E-state index >= 15 is 0 Å². The van der Waals surface area contributed by atoms with E-state index in [9.17, 15) is 4.79 Å². The number of hydrogen-bond acceptors (Lipinski definition) is 2. The van der Waals surface area contributed by atoms with Crippen molar-refractivity contribution in [1.82, 2.24) is 14.7 Å². The highest BCUT2D eigenvalue weighted by molar-refractivity contribution is 5.95. The lowest BCUT2D eigenvalue weighted by molar-refractivity contribution is 0.0661. The molecule has 0 fully saturated rings. The van der Waals surface area contributed by atoms with Gasteiger partial charge in [0.25, 0.3) is 5.91 Å². The van der Waals surface area contributed by atoms with E-state index in [1.54, 1.807) is 6.20 Å². The number of nitrogens with zero attached hydrogens (tertiary/aromatic N) is 3. The first-order valence-corrected chi connectivity index (χ1v) is 10.2. The number of aromatic nitrogens is 2. The Morgan fingerprint density at radius 3 is 2.57 bits per heavy atom. The summed E-state index contributed by atoms with van der Waals surface area (Å²) in [5, 5.41) is 4.50. The van der Waals surface area contributed by atoms with Gasteiger partial charge in [0.05, 0.1) is 23.1 Å². The number of para-hydroxylation sites is 1. The van der Waals surface area contributed by atoms with E-state index in [1.165, 1.54) is 11.1 Å². The van der Waals surface area contributed by atoms with Gasteiger partial charge in [-0.2, -0.15) is 5.10 Å². The predicted octanol–water partition coefficient (Wildman–Crippen LogP) is 4.59. The van der Waals surface area contributed by atoms with E-state index in [0.717, 1.165) is 43.6 Å². The molecule has 0 spiro atoms. The fourth-order valence-corrected chi connectivity index (χ4v) is 4.24. The van der Waals surface area contributed by atoms with Crippen LogP contribution in [-0.4, -0.2) is 33.2 Å². The molecule has 144 valence electrons. The summed E-state index contributed by atoms with van der Waals surface area (Å²) < 4.78 is 1.85. The van der Waals surface area contributed by atoms with Crippen molar-refractivity contribution < 1.29 is 4.79 Å². The third-order valence-corrected chi connectivity index (χ3v) is 5.73. The van der Waals surface area contributed by atoms with E-state index in [-0.39, 0.29) is 11.9 Å². The monoisotopic (exact) mass is 373 g/mol. The van der Waals surface area contributed by atoms with E-state index in [1.807, 2.05) is 41.9 Å². The number of aryl methyl sites for hydroxylation is 1. The first kappa shape index (κ1) is 18.5. The summed E-state index contributed by atoms with van der Waals surface area (Å²) in [7, 11) is 0. The van der Waals surface area contributed by atoms with Crippen LogP contribution < -0.4 is 0 Å². The van der Waals surface area contributed by atoms with Gasteiger partial charge in [0, 0.05) is 12.6 Å². The Bertz CT molecular complexity index is 961. The molecule has 1 amide bonds. The molecule has 0 aliphatic heterocycles. The maximum Gasteiger partial charge on any atom is 0.257 e. The predicted molar refractivity (Wildman–Crippen MR) is 112 cm³/mol. The smallest absolute Gasteiger partial charge is 0.257 e. The highest BCUT2D eigenvalue weighted by atomic mass is 16.2. The number of amides is 1. The van der Waals surface area contributed by atoms with E-state index < -0.39 is 0 Å². The van der Waals surface area contributed by atoms with Crippen molar-refractivity contribution >= 4 is 5.91 Å². The van der Waals surface area contributed by atoms with E-state index in [4.69, 9.17) is 0 Å². The first-order valence-electron chi connectivity index (χ1n) is 10.2. The summed E-state index contributed by atoms with van der Waals surface area (Å²) in [5.41, 5.74) is 5.39. The van der Waals surface area contributed by atoms with Gasteiger partial charge in [0.1, 0.15) is 0 Å². The van der Waals surface area contributed by atoms with Crippen LogP contribution in [0.4, 0.5) is 0 Å². The van der Waals surface area contributed by atoms with Crippen LogP contribution in [0, 0.1) is 6.92 Å². The van der Waals surface area contributed by atoms with Crippen molar-refractivity contribution in [2.45, 2.75) is 45.6 Å². The molecule has 1 aliphatic carbocycles. The molecule has 1 heterocycles. The number of carbonyl (C=O) groups is 1. The lowest BCUT2D eigenvalue weighted by Gasteiger charge is -2.35. The molecule has 0 radical (unpaired) electrons. The average molecular weight is 374 g/mol. The van der Waals surface area contributed by atoms with Gasteiger partial charge in [0.15, 0.2) is 0 Å². The van der Waals surface area contributed by atoms with Gasteiger partial charge in [-0.3, -0.25) is 4.79 Å². The minimum atomic E-state index is 0.103. The molecule has 1 unspecified atom stereocenters. The molecule has 4 rings (SSSR count). The third-order valence-electron chi connectivity index (χ3n) is 5.73. The number of fused-ring (bicyclic) bond motifs is 1. The first-order chi connectivity index (χ1) is 13.7. The van der Waals surface area contributed by atoms with Crippen LogP contribution in [0.5, 0.6) is 0 Å². The summed E-state index contributed by atoms with van der Waals surface area (Å²) in [6.45, 7) is 4.90. The van der Waals surface area contributed by atoms with Gasteiger partial charge in [-0.15, -0.1) is 0 Å². The van der Waals surface area contributed by atoms with Gasteiger partial charge < -0.3 is 4.90 Å². The maximum absolute atomic E-state index is 13.5. The Balaban J connectivity index is 1.61. The van der Waals surface area contributed by atoms with Crippen molar-refractivity contribution in [3.63, 3.8) is 0 Å². The lowest BCUT2D eigenvalue weighted by Crippen LogP contribution is -2.44. The highest BCUT2D eigenvalue weighted by Crippen LogP contribution is 2.26. The number of hydrogen-bond donors (Lipinski definition) is 0. The second kappa shape index (κ2) is 8.01. The van der Waals surface area contributed by atoms with Crippen LogP contribution in [0.2, 0.25) is 0 Å². The Labute approximate surface area is 166 Å². The highest BCUT2D eigenvalue weighted by Gasteiger charge is 2.29. The van der Waals surface area contributed by atoms with Crippen molar-refractivity contribution in [1.29, 1.82) is 0 Å². The summed E-state index contributed by atoms with van der Waals surface area (Å²) in [4.78, 5) is 15.6. The van der Waals surface area contributed by atoms with Gasteiger partial charge >= 0.3 is 0 Å². The maximum atomic E-state index is 13.5. The van der Waals surface area contributed by atoms with Crippen LogP contribution >= 0.6 is 0 Å². The normalized spacial score (nSPS) is 15.9. The Kier molecular flexibility index (Phi) is 5.29. The van der Waals surface area contributed by atoms with Crippen LogP contribution in [-0.2, 0) is 12.8 Å². The molecule has 1 atom stereocenters. The average Bonchev–Trinajstić information content (AvgIpc) is 3.13. The second-order valence-electron chi connectivity index (χ2n) is 7.55.